The molecule has 1 aliphatic heterocycles. The normalized spacial score (nSPS) is 18.4. The SMILES string of the molecule is CCC1CN(c2cc(C(=O)OC)ccc2[N+](=O)[O-])CCO1. The molecule has 114 valence electrons. The number of benzene rings is 1. The van der Waals surface area contributed by atoms with Gasteiger partial charge in [0.05, 0.1) is 30.3 Å². The lowest BCUT2D eigenvalue weighted by Gasteiger charge is -2.33. The average Bonchev–Trinajstić information content (AvgIpc) is 2.53. The van der Waals surface area contributed by atoms with Gasteiger partial charge in [-0.15, -0.1) is 0 Å². The molecule has 1 heterocycles. The molecule has 1 aromatic rings. The molecule has 0 bridgehead atoms. The van der Waals surface area contributed by atoms with Crippen molar-refractivity contribution in [2.24, 2.45) is 0 Å². The summed E-state index contributed by atoms with van der Waals surface area (Å²) >= 11 is 0. The third-order valence-corrected chi connectivity index (χ3v) is 3.53. The van der Waals surface area contributed by atoms with Gasteiger partial charge in [-0.1, -0.05) is 6.92 Å². The average molecular weight is 294 g/mol. The highest BCUT2D eigenvalue weighted by atomic mass is 16.6. The molecule has 0 saturated carbocycles. The van der Waals surface area contributed by atoms with Crippen LogP contribution in [-0.4, -0.2) is 43.8 Å². The molecule has 1 aliphatic rings. The van der Waals surface area contributed by atoms with E-state index in [9.17, 15) is 14.9 Å². The Kier molecular flexibility index (Phi) is 4.74. The first-order valence-electron chi connectivity index (χ1n) is 6.80. The zero-order valence-electron chi connectivity index (χ0n) is 12.1. The lowest BCUT2D eigenvalue weighted by atomic mass is 10.1. The number of morpholine rings is 1. The summed E-state index contributed by atoms with van der Waals surface area (Å²) in [6.45, 7) is 3.65. The smallest absolute Gasteiger partial charge is 0.337 e. The van der Waals surface area contributed by atoms with Crippen LogP contribution in [0.3, 0.4) is 0 Å². The van der Waals surface area contributed by atoms with E-state index in [0.717, 1.165) is 6.42 Å². The van der Waals surface area contributed by atoms with Crippen molar-refractivity contribution in [1.82, 2.24) is 0 Å². The van der Waals surface area contributed by atoms with Gasteiger partial charge in [0.25, 0.3) is 5.69 Å². The molecule has 0 spiro atoms. The summed E-state index contributed by atoms with van der Waals surface area (Å²) in [6, 6.07) is 4.27. The molecule has 1 unspecified atom stereocenters. The fourth-order valence-corrected chi connectivity index (χ4v) is 2.36. The van der Waals surface area contributed by atoms with Crippen LogP contribution >= 0.6 is 0 Å². The third-order valence-electron chi connectivity index (χ3n) is 3.53. The molecule has 0 aliphatic carbocycles. The maximum atomic E-state index is 11.6. The van der Waals surface area contributed by atoms with Crippen molar-refractivity contribution in [2.45, 2.75) is 19.4 Å². The number of carbonyl (C=O) groups is 1. The lowest BCUT2D eigenvalue weighted by molar-refractivity contribution is -0.384. The largest absolute Gasteiger partial charge is 0.465 e. The van der Waals surface area contributed by atoms with E-state index in [1.807, 2.05) is 11.8 Å². The van der Waals surface area contributed by atoms with Crippen LogP contribution in [0.5, 0.6) is 0 Å². The molecular formula is C14H18N2O5. The number of nitro benzene ring substituents is 1. The van der Waals surface area contributed by atoms with Crippen molar-refractivity contribution in [3.8, 4) is 0 Å². The number of esters is 1. The summed E-state index contributed by atoms with van der Waals surface area (Å²) in [4.78, 5) is 24.3. The van der Waals surface area contributed by atoms with E-state index < -0.39 is 10.9 Å². The predicted molar refractivity (Wildman–Crippen MR) is 76.7 cm³/mol. The molecule has 1 aromatic carbocycles. The molecule has 0 radical (unpaired) electrons. The first kappa shape index (κ1) is 15.2. The highest BCUT2D eigenvalue weighted by molar-refractivity contribution is 5.91. The molecule has 1 atom stereocenters. The maximum Gasteiger partial charge on any atom is 0.337 e. The summed E-state index contributed by atoms with van der Waals surface area (Å²) in [5, 5.41) is 11.2. The van der Waals surface area contributed by atoms with Gasteiger partial charge in [-0.05, 0) is 18.6 Å². The van der Waals surface area contributed by atoms with Crippen LogP contribution in [0.1, 0.15) is 23.7 Å². The highest BCUT2D eigenvalue weighted by Gasteiger charge is 2.26. The summed E-state index contributed by atoms with van der Waals surface area (Å²) in [7, 11) is 1.28. The molecule has 2 rings (SSSR count). The number of rotatable bonds is 4. The standard InChI is InChI=1S/C14H18N2O5/c1-3-11-9-15(6-7-21-11)13-8-10(14(17)20-2)4-5-12(13)16(18)19/h4-5,8,11H,3,6-7,9H2,1-2H3. The van der Waals surface area contributed by atoms with Crippen LogP contribution < -0.4 is 4.90 Å². The van der Waals surface area contributed by atoms with E-state index in [1.165, 1.54) is 25.3 Å². The second-order valence-electron chi connectivity index (χ2n) is 4.80. The zero-order valence-corrected chi connectivity index (χ0v) is 12.1. The molecular weight excluding hydrogens is 276 g/mol. The number of hydrogen-bond donors (Lipinski definition) is 0. The van der Waals surface area contributed by atoms with Crippen LogP contribution in [0.25, 0.3) is 0 Å². The van der Waals surface area contributed by atoms with Crippen molar-refractivity contribution in [3.63, 3.8) is 0 Å². The molecule has 21 heavy (non-hydrogen) atoms. The van der Waals surface area contributed by atoms with Gasteiger partial charge in [-0.3, -0.25) is 10.1 Å². The monoisotopic (exact) mass is 294 g/mol. The Hall–Kier alpha value is -2.15. The second-order valence-corrected chi connectivity index (χ2v) is 4.80. The number of methoxy groups -OCH3 is 1. The van der Waals surface area contributed by atoms with Gasteiger partial charge in [0, 0.05) is 19.2 Å². The summed E-state index contributed by atoms with van der Waals surface area (Å²) in [5.74, 6) is -0.508. The second kappa shape index (κ2) is 6.53. The van der Waals surface area contributed by atoms with E-state index in [2.05, 4.69) is 4.74 Å². The van der Waals surface area contributed by atoms with Crippen LogP contribution in [-0.2, 0) is 9.47 Å². The topological polar surface area (TPSA) is 81.9 Å². The van der Waals surface area contributed by atoms with Gasteiger partial charge in [0.1, 0.15) is 5.69 Å². The molecule has 7 heteroatoms. The molecule has 7 nitrogen and oxygen atoms in total. The van der Waals surface area contributed by atoms with Crippen LogP contribution in [0.15, 0.2) is 18.2 Å². The minimum atomic E-state index is -0.508. The van der Waals surface area contributed by atoms with Crippen molar-refractivity contribution < 1.29 is 19.2 Å². The lowest BCUT2D eigenvalue weighted by Crippen LogP contribution is -2.42. The van der Waals surface area contributed by atoms with Crippen LogP contribution in [0.2, 0.25) is 0 Å². The number of carbonyl (C=O) groups excluding carboxylic acids is 1. The first-order chi connectivity index (χ1) is 10.1. The summed E-state index contributed by atoms with van der Waals surface area (Å²) in [6.07, 6.45) is 0.876. The molecule has 0 aromatic heterocycles. The van der Waals surface area contributed by atoms with Crippen molar-refractivity contribution in [2.75, 3.05) is 31.7 Å². The van der Waals surface area contributed by atoms with Crippen molar-refractivity contribution >= 4 is 17.3 Å². The van der Waals surface area contributed by atoms with Crippen LogP contribution in [0, 0.1) is 10.1 Å². The summed E-state index contributed by atoms with van der Waals surface area (Å²) in [5.41, 5.74) is 0.724. The third kappa shape index (κ3) is 3.30. The Morgan fingerprint density at radius 3 is 2.95 bits per heavy atom. The van der Waals surface area contributed by atoms with E-state index in [0.29, 0.717) is 30.9 Å². The zero-order chi connectivity index (χ0) is 15.4. The van der Waals surface area contributed by atoms with Gasteiger partial charge < -0.3 is 14.4 Å². The molecule has 1 fully saturated rings. The Bertz CT molecular complexity index is 546. The Balaban J connectivity index is 2.38. The van der Waals surface area contributed by atoms with Crippen molar-refractivity contribution in [1.29, 1.82) is 0 Å². The Labute approximate surface area is 122 Å². The first-order valence-corrected chi connectivity index (χ1v) is 6.80. The van der Waals surface area contributed by atoms with Crippen LogP contribution in [0.4, 0.5) is 11.4 Å². The van der Waals surface area contributed by atoms with Gasteiger partial charge in [-0.25, -0.2) is 4.79 Å². The maximum absolute atomic E-state index is 11.6. The number of anilines is 1. The minimum absolute atomic E-state index is 0.0144. The fraction of sp³-hybridized carbons (Fsp3) is 0.500. The molecule has 1 saturated heterocycles. The quantitative estimate of drug-likeness (QED) is 0.480. The highest BCUT2D eigenvalue weighted by Crippen LogP contribution is 2.31. The predicted octanol–water partition coefficient (Wildman–Crippen LogP) is 2.00. The number of hydrogen-bond acceptors (Lipinski definition) is 6. The molecule has 0 amide bonds. The van der Waals surface area contributed by atoms with E-state index in [4.69, 9.17) is 4.74 Å². The van der Waals surface area contributed by atoms with Gasteiger partial charge in [0.15, 0.2) is 0 Å². The number of nitrogens with zero attached hydrogens (tertiary/aromatic N) is 2. The van der Waals surface area contributed by atoms with E-state index >= 15 is 0 Å². The molecule has 0 N–H and O–H groups in total. The Morgan fingerprint density at radius 2 is 2.33 bits per heavy atom. The fourth-order valence-electron chi connectivity index (χ4n) is 2.36. The van der Waals surface area contributed by atoms with Gasteiger partial charge in [0.2, 0.25) is 0 Å². The van der Waals surface area contributed by atoms with E-state index in [-0.39, 0.29) is 11.8 Å². The van der Waals surface area contributed by atoms with E-state index in [1.54, 1.807) is 0 Å². The number of ether oxygens (including phenoxy) is 2. The minimum Gasteiger partial charge on any atom is -0.465 e. The van der Waals surface area contributed by atoms with Gasteiger partial charge >= 0.3 is 5.97 Å². The summed E-state index contributed by atoms with van der Waals surface area (Å²) < 4.78 is 10.2. The Morgan fingerprint density at radius 1 is 1.57 bits per heavy atom. The number of nitro groups is 1. The van der Waals surface area contributed by atoms with Gasteiger partial charge in [-0.2, -0.15) is 0 Å². The van der Waals surface area contributed by atoms with Crippen molar-refractivity contribution in [3.05, 3.63) is 33.9 Å².